The second kappa shape index (κ2) is 10.3. The van der Waals surface area contributed by atoms with Gasteiger partial charge in [-0.3, -0.25) is 0 Å². The summed E-state index contributed by atoms with van der Waals surface area (Å²) in [7, 11) is -0.295. The lowest BCUT2D eigenvalue weighted by atomic mass is 10.3. The molecule has 0 aromatic heterocycles. The first-order valence-corrected chi connectivity index (χ1v) is 11.3. The second-order valence-corrected chi connectivity index (χ2v) is 11.2. The predicted molar refractivity (Wildman–Crippen MR) is 68.4 cm³/mol. The Bertz CT molecular complexity index is 75.9. The standard InChI is InChI=1S/2C5H11.Al.HI/c2*1-3-5-4-2;;/h2*1,3-5H2,2H3;;1H/q;;+1;/p-1. The molecule has 0 saturated heterocycles. The van der Waals surface area contributed by atoms with Crippen LogP contribution in [0.15, 0.2) is 0 Å². The van der Waals surface area contributed by atoms with Crippen LogP contribution < -0.4 is 0 Å². The Kier molecular flexibility index (Phi) is 11.4. The molecular weight excluding hydrogens is 274 g/mol. The van der Waals surface area contributed by atoms with Crippen LogP contribution in [0.1, 0.15) is 52.4 Å². The molecule has 0 saturated carbocycles. The third kappa shape index (κ3) is 9.35. The molecule has 2 heteroatoms. The van der Waals surface area contributed by atoms with Gasteiger partial charge in [-0.15, -0.1) is 0 Å². The van der Waals surface area contributed by atoms with Gasteiger partial charge < -0.3 is 0 Å². The summed E-state index contributed by atoms with van der Waals surface area (Å²) in [4.78, 5) is 0. The zero-order valence-corrected chi connectivity index (χ0v) is 11.9. The molecule has 0 aliphatic heterocycles. The van der Waals surface area contributed by atoms with E-state index in [9.17, 15) is 0 Å². The van der Waals surface area contributed by atoms with Gasteiger partial charge in [0.05, 0.1) is 0 Å². The number of rotatable bonds is 8. The zero-order chi connectivity index (χ0) is 9.23. The lowest BCUT2D eigenvalue weighted by Crippen LogP contribution is -2.01. The summed E-state index contributed by atoms with van der Waals surface area (Å²) in [5, 5.41) is 3.16. The average molecular weight is 296 g/mol. The minimum Gasteiger partial charge on any atom is -0.209 e. The third-order valence-corrected chi connectivity index (χ3v) is 8.05. The van der Waals surface area contributed by atoms with Crippen molar-refractivity contribution in [3.8, 4) is 0 Å². The zero-order valence-electron chi connectivity index (χ0n) is 8.61. The SMILES string of the molecule is CCCC[CH2][Al]([I])[CH2]CCCC. The fourth-order valence-corrected chi connectivity index (χ4v) is 5.77. The van der Waals surface area contributed by atoms with Gasteiger partial charge in [-0.25, -0.2) is 20.3 Å². The molecule has 0 N–H and O–H groups in total. The van der Waals surface area contributed by atoms with Crippen molar-refractivity contribution in [1.29, 1.82) is 0 Å². The van der Waals surface area contributed by atoms with Gasteiger partial charge >= 0.3 is 10.9 Å². The molecule has 0 heterocycles. The Hall–Kier alpha value is 1.26. The fraction of sp³-hybridized carbons (Fsp3) is 1.00. The van der Waals surface area contributed by atoms with E-state index in [2.05, 4.69) is 34.1 Å². The van der Waals surface area contributed by atoms with Crippen LogP contribution >= 0.6 is 20.3 Å². The van der Waals surface area contributed by atoms with E-state index in [4.69, 9.17) is 0 Å². The fourth-order valence-electron chi connectivity index (χ4n) is 1.38. The number of hydrogen-bond acceptors (Lipinski definition) is 0. The molecular formula is C10H22AlI. The molecule has 0 unspecified atom stereocenters. The molecule has 0 fully saturated rings. The molecule has 0 radical (unpaired) electrons. The Morgan fingerprint density at radius 3 is 1.58 bits per heavy atom. The lowest BCUT2D eigenvalue weighted by molar-refractivity contribution is 0.751. The first-order valence-electron chi connectivity index (χ1n) is 5.45. The van der Waals surface area contributed by atoms with Gasteiger partial charge in [-0.1, -0.05) is 62.9 Å². The Balaban J connectivity index is 3.04. The van der Waals surface area contributed by atoms with Crippen molar-refractivity contribution < 1.29 is 0 Å². The molecule has 0 rings (SSSR count). The Morgan fingerprint density at radius 2 is 1.25 bits per heavy atom. The van der Waals surface area contributed by atoms with Crippen LogP contribution in [-0.2, 0) is 0 Å². The van der Waals surface area contributed by atoms with Gasteiger partial charge in [0, 0.05) is 0 Å². The van der Waals surface area contributed by atoms with E-state index >= 15 is 0 Å². The van der Waals surface area contributed by atoms with Crippen molar-refractivity contribution in [1.82, 2.24) is 0 Å². The van der Waals surface area contributed by atoms with Crippen molar-refractivity contribution in [3.63, 3.8) is 0 Å². The molecule has 0 bridgehead atoms. The molecule has 0 aromatic carbocycles. The van der Waals surface area contributed by atoms with E-state index < -0.39 is 0 Å². The normalized spacial score (nSPS) is 10.2. The largest absolute Gasteiger partial charge is 0.360 e. The van der Waals surface area contributed by atoms with E-state index in [-0.39, 0.29) is 10.9 Å². The van der Waals surface area contributed by atoms with Gasteiger partial charge in [0.2, 0.25) is 0 Å². The minimum atomic E-state index is -0.295. The molecule has 0 atom stereocenters. The van der Waals surface area contributed by atoms with E-state index in [1.807, 2.05) is 0 Å². The van der Waals surface area contributed by atoms with E-state index in [0.717, 1.165) is 0 Å². The summed E-state index contributed by atoms with van der Waals surface area (Å²) in [5.74, 6) is 0. The van der Waals surface area contributed by atoms with Crippen molar-refractivity contribution in [2.45, 2.75) is 62.9 Å². The summed E-state index contributed by atoms with van der Waals surface area (Å²) >= 11 is 2.76. The molecule has 0 amide bonds. The van der Waals surface area contributed by atoms with Crippen LogP contribution in [0.5, 0.6) is 0 Å². The highest BCUT2D eigenvalue weighted by Crippen LogP contribution is 2.16. The van der Waals surface area contributed by atoms with Crippen molar-refractivity contribution in [2.24, 2.45) is 0 Å². The van der Waals surface area contributed by atoms with Crippen LogP contribution in [0, 0.1) is 0 Å². The average Bonchev–Trinajstić information content (AvgIpc) is 2.06. The first-order chi connectivity index (χ1) is 5.81. The molecule has 0 nitrogen and oxygen atoms in total. The first kappa shape index (κ1) is 13.3. The Morgan fingerprint density at radius 1 is 0.833 bits per heavy atom. The summed E-state index contributed by atoms with van der Waals surface area (Å²) in [6.07, 6.45) is 8.69. The van der Waals surface area contributed by atoms with Crippen LogP contribution in [0.2, 0.25) is 10.6 Å². The third-order valence-electron chi connectivity index (χ3n) is 2.24. The second-order valence-electron chi connectivity index (χ2n) is 3.59. The maximum absolute atomic E-state index is 2.76. The summed E-state index contributed by atoms with van der Waals surface area (Å²) in [6, 6.07) is 0. The predicted octanol–water partition coefficient (Wildman–Crippen LogP) is 4.79. The van der Waals surface area contributed by atoms with Crippen LogP contribution in [0.4, 0.5) is 0 Å². The van der Waals surface area contributed by atoms with Gasteiger partial charge in [-0.2, -0.15) is 0 Å². The van der Waals surface area contributed by atoms with Gasteiger partial charge in [0.25, 0.3) is 0 Å². The van der Waals surface area contributed by atoms with E-state index in [0.29, 0.717) is 0 Å². The number of unbranched alkanes of at least 4 members (excludes halogenated alkanes) is 4. The maximum Gasteiger partial charge on any atom is 0.360 e. The summed E-state index contributed by atoms with van der Waals surface area (Å²) in [6.45, 7) is 4.58. The van der Waals surface area contributed by atoms with Crippen molar-refractivity contribution >= 4 is 31.1 Å². The minimum absolute atomic E-state index is 0.295. The molecule has 0 aromatic rings. The molecule has 72 valence electrons. The maximum atomic E-state index is 2.76. The van der Waals surface area contributed by atoms with Crippen LogP contribution in [0.25, 0.3) is 0 Å². The monoisotopic (exact) mass is 296 g/mol. The van der Waals surface area contributed by atoms with Crippen LogP contribution in [-0.4, -0.2) is 10.9 Å². The topological polar surface area (TPSA) is 0 Å². The Labute approximate surface area is 93.6 Å². The van der Waals surface area contributed by atoms with Gasteiger partial charge in [0.1, 0.15) is 0 Å². The van der Waals surface area contributed by atoms with Gasteiger partial charge in [0.15, 0.2) is 0 Å². The van der Waals surface area contributed by atoms with Crippen LogP contribution in [0.3, 0.4) is 0 Å². The highest BCUT2D eigenvalue weighted by atomic mass is 127. The van der Waals surface area contributed by atoms with E-state index in [1.165, 1.54) is 38.5 Å². The smallest absolute Gasteiger partial charge is 0.209 e. The highest BCUT2D eigenvalue weighted by molar-refractivity contribution is 14.1. The van der Waals surface area contributed by atoms with Crippen molar-refractivity contribution in [2.75, 3.05) is 0 Å². The number of halogens is 1. The summed E-state index contributed by atoms with van der Waals surface area (Å²) in [5.41, 5.74) is 0. The number of hydrogen-bond donors (Lipinski definition) is 0. The summed E-state index contributed by atoms with van der Waals surface area (Å²) < 4.78 is 0. The van der Waals surface area contributed by atoms with Crippen molar-refractivity contribution in [3.05, 3.63) is 0 Å². The molecule has 0 spiro atoms. The molecule has 12 heavy (non-hydrogen) atoms. The molecule has 0 aliphatic carbocycles. The lowest BCUT2D eigenvalue weighted by Gasteiger charge is -2.02. The van der Waals surface area contributed by atoms with E-state index in [1.54, 1.807) is 10.6 Å². The highest BCUT2D eigenvalue weighted by Gasteiger charge is 2.11. The molecule has 0 aliphatic rings. The van der Waals surface area contributed by atoms with Gasteiger partial charge in [-0.05, 0) is 0 Å². The quantitative estimate of drug-likeness (QED) is 0.343.